The fraction of sp³-hybridized carbons (Fsp3) is 0.412. The van der Waals surface area contributed by atoms with Gasteiger partial charge in [0.05, 0.1) is 27.7 Å². The molecule has 0 aliphatic carbocycles. The molecule has 3 rings (SSSR count). The first-order valence-corrected chi connectivity index (χ1v) is 10.3. The van der Waals surface area contributed by atoms with Gasteiger partial charge in [0.1, 0.15) is 4.32 Å². The summed E-state index contributed by atoms with van der Waals surface area (Å²) in [5, 5.41) is 10.0. The molecule has 2 aliphatic heterocycles. The average Bonchev–Trinajstić information content (AvgIpc) is 3.17. The van der Waals surface area contributed by atoms with Crippen LogP contribution in [0.1, 0.15) is 25.3 Å². The first kappa shape index (κ1) is 18.9. The molecule has 8 heteroatoms. The summed E-state index contributed by atoms with van der Waals surface area (Å²) in [6.07, 6.45) is 3.85. The number of amides is 1. The van der Waals surface area contributed by atoms with Crippen LogP contribution in [0.4, 0.5) is 0 Å². The topological polar surface area (TPSA) is 59.0 Å². The van der Waals surface area contributed by atoms with E-state index in [1.54, 1.807) is 17.0 Å². The maximum atomic E-state index is 12.7. The molecule has 1 aromatic carbocycles. The molecule has 25 heavy (non-hydrogen) atoms. The minimum absolute atomic E-state index is 0.0704. The van der Waals surface area contributed by atoms with Crippen molar-refractivity contribution in [2.45, 2.75) is 25.9 Å². The fourth-order valence-corrected chi connectivity index (χ4v) is 4.64. The van der Waals surface area contributed by atoms with Crippen LogP contribution in [0.3, 0.4) is 0 Å². The van der Waals surface area contributed by atoms with Gasteiger partial charge in [-0.05, 0) is 66.1 Å². The number of thioether (sulfide) groups is 1. The minimum Gasteiger partial charge on any atom is -0.504 e. The average molecular weight is 491 g/mol. The van der Waals surface area contributed by atoms with E-state index in [1.165, 1.54) is 11.8 Å². The van der Waals surface area contributed by atoms with Gasteiger partial charge in [-0.1, -0.05) is 24.0 Å². The lowest BCUT2D eigenvalue weighted by molar-refractivity contribution is -0.123. The zero-order chi connectivity index (χ0) is 18.0. The van der Waals surface area contributed by atoms with E-state index in [1.807, 2.05) is 35.6 Å². The summed E-state index contributed by atoms with van der Waals surface area (Å²) in [6.45, 7) is 3.58. The van der Waals surface area contributed by atoms with Gasteiger partial charge < -0.3 is 14.6 Å². The Kier molecular flexibility index (Phi) is 6.24. The van der Waals surface area contributed by atoms with E-state index in [2.05, 4.69) is 0 Å². The lowest BCUT2D eigenvalue weighted by Crippen LogP contribution is -2.35. The normalized spacial score (nSPS) is 22.2. The maximum Gasteiger partial charge on any atom is 0.266 e. The summed E-state index contributed by atoms with van der Waals surface area (Å²) in [7, 11) is 0. The quantitative estimate of drug-likeness (QED) is 0.385. The number of aromatic hydroxyl groups is 1. The van der Waals surface area contributed by atoms with Gasteiger partial charge in [0.25, 0.3) is 5.91 Å². The second kappa shape index (κ2) is 8.24. The number of carbonyl (C=O) groups excluding carboxylic acids is 1. The third kappa shape index (κ3) is 4.29. The van der Waals surface area contributed by atoms with E-state index in [0.717, 1.165) is 25.0 Å². The predicted molar refractivity (Wildman–Crippen MR) is 111 cm³/mol. The molecule has 1 atom stereocenters. The highest BCUT2D eigenvalue weighted by Crippen LogP contribution is 2.37. The summed E-state index contributed by atoms with van der Waals surface area (Å²) < 4.78 is 12.3. The van der Waals surface area contributed by atoms with Gasteiger partial charge in [-0.2, -0.15) is 0 Å². The largest absolute Gasteiger partial charge is 0.504 e. The van der Waals surface area contributed by atoms with Crippen molar-refractivity contribution in [3.63, 3.8) is 0 Å². The SMILES string of the molecule is CCOc1cc(/C=C2\SC(=S)N(C[C@@H]3CCCO3)C2=O)cc(I)c1O. The predicted octanol–water partition coefficient (Wildman–Crippen LogP) is 3.78. The molecule has 134 valence electrons. The number of halogens is 1. The molecule has 1 aromatic rings. The Hall–Kier alpha value is -0.840. The van der Waals surface area contributed by atoms with E-state index in [9.17, 15) is 9.90 Å². The summed E-state index contributed by atoms with van der Waals surface area (Å²) in [5.41, 5.74) is 0.795. The maximum absolute atomic E-state index is 12.7. The van der Waals surface area contributed by atoms with Crippen molar-refractivity contribution < 1.29 is 19.4 Å². The molecule has 1 N–H and O–H groups in total. The molecule has 2 saturated heterocycles. The van der Waals surface area contributed by atoms with Gasteiger partial charge in [-0.15, -0.1) is 0 Å². The highest BCUT2D eigenvalue weighted by atomic mass is 127. The molecule has 0 radical (unpaired) electrons. The van der Waals surface area contributed by atoms with Crippen LogP contribution >= 0.6 is 46.6 Å². The second-order valence-electron chi connectivity index (χ2n) is 5.71. The molecule has 0 bridgehead atoms. The minimum atomic E-state index is -0.0912. The third-order valence-corrected chi connectivity index (χ3v) is 6.13. The Morgan fingerprint density at radius 2 is 2.36 bits per heavy atom. The van der Waals surface area contributed by atoms with Crippen molar-refractivity contribution in [1.82, 2.24) is 4.90 Å². The van der Waals surface area contributed by atoms with E-state index in [-0.39, 0.29) is 17.8 Å². The zero-order valence-electron chi connectivity index (χ0n) is 13.7. The molecule has 2 fully saturated rings. The number of phenols is 1. The molecule has 0 aromatic heterocycles. The van der Waals surface area contributed by atoms with Gasteiger partial charge in [0, 0.05) is 6.61 Å². The number of hydrogen-bond acceptors (Lipinski definition) is 6. The first-order valence-electron chi connectivity index (χ1n) is 8.02. The monoisotopic (exact) mass is 491 g/mol. The number of hydrogen-bond donors (Lipinski definition) is 1. The zero-order valence-corrected chi connectivity index (χ0v) is 17.4. The Labute approximate surface area is 169 Å². The Balaban J connectivity index is 1.81. The highest BCUT2D eigenvalue weighted by molar-refractivity contribution is 14.1. The molecular formula is C17H18INO4S2. The van der Waals surface area contributed by atoms with Crippen LogP contribution < -0.4 is 4.74 Å². The van der Waals surface area contributed by atoms with Crippen molar-refractivity contribution in [1.29, 1.82) is 0 Å². The standard InChI is InChI=1S/C17H18INO4S2/c1-2-22-13-7-10(6-12(18)15(13)20)8-14-16(21)19(17(24)25-14)9-11-4-3-5-23-11/h6-8,11,20H,2-5,9H2,1H3/b14-8-/t11-/m0/s1. The summed E-state index contributed by atoms with van der Waals surface area (Å²) in [5.74, 6) is 0.438. The van der Waals surface area contributed by atoms with Crippen LogP contribution in [0.25, 0.3) is 6.08 Å². The number of thiocarbonyl (C=S) groups is 1. The molecule has 0 spiro atoms. The van der Waals surface area contributed by atoms with Crippen LogP contribution in [0.15, 0.2) is 17.0 Å². The molecule has 0 saturated carbocycles. The van der Waals surface area contributed by atoms with Crippen molar-refractivity contribution in [2.75, 3.05) is 19.8 Å². The van der Waals surface area contributed by atoms with Gasteiger partial charge >= 0.3 is 0 Å². The number of benzene rings is 1. The first-order chi connectivity index (χ1) is 12.0. The van der Waals surface area contributed by atoms with Crippen LogP contribution in [0, 0.1) is 3.57 Å². The molecule has 5 nitrogen and oxygen atoms in total. The van der Waals surface area contributed by atoms with Crippen LogP contribution in [0.5, 0.6) is 11.5 Å². The van der Waals surface area contributed by atoms with Gasteiger partial charge in [0.15, 0.2) is 11.5 Å². The number of phenolic OH excluding ortho intramolecular Hbond substituents is 1. The Bertz CT molecular complexity index is 732. The second-order valence-corrected chi connectivity index (χ2v) is 8.55. The number of nitrogens with zero attached hydrogens (tertiary/aromatic N) is 1. The number of rotatable bonds is 5. The third-order valence-electron chi connectivity index (χ3n) is 3.93. The Morgan fingerprint density at radius 3 is 3.04 bits per heavy atom. The van der Waals surface area contributed by atoms with Crippen molar-refractivity contribution >= 4 is 62.9 Å². The van der Waals surface area contributed by atoms with Crippen molar-refractivity contribution in [2.24, 2.45) is 0 Å². The molecule has 2 heterocycles. The van der Waals surface area contributed by atoms with E-state index >= 15 is 0 Å². The molecule has 2 aliphatic rings. The van der Waals surface area contributed by atoms with Crippen LogP contribution in [-0.2, 0) is 9.53 Å². The molecular weight excluding hydrogens is 473 g/mol. The van der Waals surface area contributed by atoms with Gasteiger partial charge in [0.2, 0.25) is 0 Å². The number of ether oxygens (including phenoxy) is 2. The van der Waals surface area contributed by atoms with Crippen molar-refractivity contribution in [3.05, 3.63) is 26.2 Å². The number of carbonyl (C=O) groups is 1. The summed E-state index contributed by atoms with van der Waals surface area (Å²) >= 11 is 8.71. The van der Waals surface area contributed by atoms with Crippen LogP contribution in [-0.4, -0.2) is 46.1 Å². The summed E-state index contributed by atoms with van der Waals surface area (Å²) in [6, 6.07) is 3.54. The van der Waals surface area contributed by atoms with E-state index < -0.39 is 0 Å². The molecule has 0 unspecified atom stereocenters. The van der Waals surface area contributed by atoms with E-state index in [0.29, 0.717) is 31.7 Å². The van der Waals surface area contributed by atoms with E-state index in [4.69, 9.17) is 21.7 Å². The smallest absolute Gasteiger partial charge is 0.266 e. The van der Waals surface area contributed by atoms with Crippen LogP contribution in [0.2, 0.25) is 0 Å². The highest BCUT2D eigenvalue weighted by Gasteiger charge is 2.34. The lowest BCUT2D eigenvalue weighted by Gasteiger charge is -2.18. The Morgan fingerprint density at radius 1 is 1.56 bits per heavy atom. The van der Waals surface area contributed by atoms with Gasteiger partial charge in [-0.3, -0.25) is 9.69 Å². The summed E-state index contributed by atoms with van der Waals surface area (Å²) in [4.78, 5) is 14.9. The lowest BCUT2D eigenvalue weighted by atomic mass is 10.2. The van der Waals surface area contributed by atoms with Crippen molar-refractivity contribution in [3.8, 4) is 11.5 Å². The molecule has 1 amide bonds. The fourth-order valence-electron chi connectivity index (χ4n) is 2.74. The van der Waals surface area contributed by atoms with Gasteiger partial charge in [-0.25, -0.2) is 0 Å².